The first-order valence-corrected chi connectivity index (χ1v) is 10.4. The molecule has 1 N–H and O–H groups in total. The topological polar surface area (TPSA) is 67.9 Å². The van der Waals surface area contributed by atoms with Gasteiger partial charge in [0.1, 0.15) is 5.70 Å². The van der Waals surface area contributed by atoms with E-state index in [1.807, 2.05) is 68.4 Å². The Morgan fingerprint density at radius 1 is 0.875 bits per heavy atom. The normalized spacial score (nSPS) is 15.0. The third kappa shape index (κ3) is 3.39. The van der Waals surface area contributed by atoms with Gasteiger partial charge in [0.05, 0.1) is 12.1 Å². The molecule has 0 saturated carbocycles. The van der Waals surface area contributed by atoms with Crippen molar-refractivity contribution in [3.63, 3.8) is 0 Å². The number of imide groups is 1. The van der Waals surface area contributed by atoms with Gasteiger partial charge in [0.15, 0.2) is 11.5 Å². The molecule has 2 aliphatic heterocycles. The summed E-state index contributed by atoms with van der Waals surface area (Å²) in [6.07, 6.45) is 0. The zero-order valence-corrected chi connectivity index (χ0v) is 17.8. The number of benzene rings is 3. The van der Waals surface area contributed by atoms with E-state index in [4.69, 9.17) is 9.47 Å². The Hall–Kier alpha value is -4.06. The van der Waals surface area contributed by atoms with Crippen LogP contribution in [0, 0.1) is 13.8 Å². The Balaban J connectivity index is 1.52. The summed E-state index contributed by atoms with van der Waals surface area (Å²) in [6, 6.07) is 20.6. The molecule has 0 atom stereocenters. The maximum absolute atomic E-state index is 13.5. The Kier molecular flexibility index (Phi) is 4.90. The molecule has 0 bridgehead atoms. The molecule has 0 saturated heterocycles. The molecule has 2 heterocycles. The number of carbonyl (C=O) groups excluding carboxylic acids is 2. The number of anilines is 1. The Morgan fingerprint density at radius 3 is 2.47 bits per heavy atom. The minimum Gasteiger partial charge on any atom is -0.454 e. The van der Waals surface area contributed by atoms with Crippen molar-refractivity contribution in [2.45, 2.75) is 20.4 Å². The van der Waals surface area contributed by atoms with Gasteiger partial charge in [-0.15, -0.1) is 0 Å². The van der Waals surface area contributed by atoms with Crippen molar-refractivity contribution >= 4 is 23.1 Å². The van der Waals surface area contributed by atoms with Crippen LogP contribution in [-0.4, -0.2) is 23.5 Å². The van der Waals surface area contributed by atoms with E-state index < -0.39 is 0 Å². The number of aryl methyl sites for hydroxylation is 1. The van der Waals surface area contributed by atoms with Crippen molar-refractivity contribution in [3.8, 4) is 11.5 Å². The Labute approximate surface area is 186 Å². The van der Waals surface area contributed by atoms with Crippen LogP contribution in [0.4, 0.5) is 5.69 Å². The van der Waals surface area contributed by atoms with Crippen molar-refractivity contribution in [1.29, 1.82) is 0 Å². The van der Waals surface area contributed by atoms with Crippen molar-refractivity contribution < 1.29 is 19.1 Å². The molecule has 0 aromatic heterocycles. The van der Waals surface area contributed by atoms with Gasteiger partial charge in [0.2, 0.25) is 6.79 Å². The van der Waals surface area contributed by atoms with Crippen molar-refractivity contribution in [1.82, 2.24) is 4.90 Å². The van der Waals surface area contributed by atoms with Gasteiger partial charge in [0, 0.05) is 5.69 Å². The van der Waals surface area contributed by atoms with Crippen molar-refractivity contribution in [2.24, 2.45) is 0 Å². The summed E-state index contributed by atoms with van der Waals surface area (Å²) in [7, 11) is 0. The van der Waals surface area contributed by atoms with E-state index in [9.17, 15) is 9.59 Å². The fraction of sp³-hybridized carbons (Fsp3) is 0.154. The summed E-state index contributed by atoms with van der Waals surface area (Å²) >= 11 is 0. The number of hydrogen-bond donors (Lipinski definition) is 1. The first-order chi connectivity index (χ1) is 15.5. The Bertz CT molecular complexity index is 1260. The van der Waals surface area contributed by atoms with E-state index in [0.717, 1.165) is 22.4 Å². The average molecular weight is 426 g/mol. The van der Waals surface area contributed by atoms with Crippen LogP contribution in [0.25, 0.3) is 5.57 Å². The summed E-state index contributed by atoms with van der Waals surface area (Å²) in [5.41, 5.74) is 5.09. The van der Waals surface area contributed by atoms with E-state index in [2.05, 4.69) is 5.32 Å². The average Bonchev–Trinajstić information content (AvgIpc) is 3.36. The van der Waals surface area contributed by atoms with Crippen molar-refractivity contribution in [3.05, 3.63) is 94.7 Å². The molecule has 32 heavy (non-hydrogen) atoms. The number of ether oxygens (including phenoxy) is 2. The number of nitrogens with zero attached hydrogens (tertiary/aromatic N) is 1. The van der Waals surface area contributed by atoms with Crippen LogP contribution in [-0.2, 0) is 16.1 Å². The van der Waals surface area contributed by atoms with E-state index in [-0.39, 0.29) is 30.8 Å². The third-order valence-corrected chi connectivity index (χ3v) is 5.87. The van der Waals surface area contributed by atoms with Crippen molar-refractivity contribution in [2.75, 3.05) is 12.1 Å². The Morgan fingerprint density at radius 2 is 1.66 bits per heavy atom. The molecule has 0 aliphatic carbocycles. The highest BCUT2D eigenvalue weighted by Crippen LogP contribution is 2.35. The lowest BCUT2D eigenvalue weighted by molar-refractivity contribution is -0.137. The number of amides is 2. The lowest BCUT2D eigenvalue weighted by Gasteiger charge is -2.16. The first-order valence-electron chi connectivity index (χ1n) is 10.4. The molecular weight excluding hydrogens is 404 g/mol. The smallest absolute Gasteiger partial charge is 0.278 e. The molecule has 2 amide bonds. The highest BCUT2D eigenvalue weighted by atomic mass is 16.7. The van der Waals surface area contributed by atoms with Crippen LogP contribution in [0.1, 0.15) is 22.3 Å². The van der Waals surface area contributed by atoms with Crippen LogP contribution in [0.15, 0.2) is 72.4 Å². The quantitative estimate of drug-likeness (QED) is 0.612. The number of hydrogen-bond acceptors (Lipinski definition) is 5. The van der Waals surface area contributed by atoms with Gasteiger partial charge in [-0.25, -0.2) is 0 Å². The lowest BCUT2D eigenvalue weighted by atomic mass is 10.0. The van der Waals surface area contributed by atoms with Gasteiger partial charge in [-0.2, -0.15) is 0 Å². The molecule has 0 spiro atoms. The molecule has 6 heteroatoms. The first kappa shape index (κ1) is 19.9. The summed E-state index contributed by atoms with van der Waals surface area (Å²) in [5, 5.41) is 3.26. The van der Waals surface area contributed by atoms with E-state index in [1.54, 1.807) is 12.1 Å². The number of rotatable bonds is 5. The molecule has 5 rings (SSSR count). The fourth-order valence-corrected chi connectivity index (χ4v) is 3.95. The van der Waals surface area contributed by atoms with E-state index in [0.29, 0.717) is 22.6 Å². The minimum absolute atomic E-state index is 0.141. The molecule has 2 aliphatic rings. The SMILES string of the molecule is Cc1cccc(NC2=C(c3ccccc3)C(=O)N(Cc3ccc4c(c3)OCO4)C2=O)c1C. The molecule has 0 fully saturated rings. The van der Waals surface area contributed by atoms with Crippen LogP contribution in [0.5, 0.6) is 11.5 Å². The van der Waals surface area contributed by atoms with Gasteiger partial charge < -0.3 is 14.8 Å². The second kappa shape index (κ2) is 7.89. The minimum atomic E-state index is -0.354. The molecule has 0 radical (unpaired) electrons. The molecule has 0 unspecified atom stereocenters. The zero-order valence-electron chi connectivity index (χ0n) is 17.8. The van der Waals surface area contributed by atoms with Crippen LogP contribution < -0.4 is 14.8 Å². The monoisotopic (exact) mass is 426 g/mol. The largest absolute Gasteiger partial charge is 0.454 e. The predicted molar refractivity (Wildman–Crippen MR) is 121 cm³/mol. The molecule has 3 aromatic rings. The summed E-state index contributed by atoms with van der Waals surface area (Å²) in [5.74, 6) is 0.596. The molecular formula is C26H22N2O4. The lowest BCUT2D eigenvalue weighted by Crippen LogP contribution is -2.32. The van der Waals surface area contributed by atoms with Crippen LogP contribution in [0.2, 0.25) is 0 Å². The molecule has 160 valence electrons. The fourth-order valence-electron chi connectivity index (χ4n) is 3.95. The molecule has 3 aromatic carbocycles. The third-order valence-electron chi connectivity index (χ3n) is 5.87. The van der Waals surface area contributed by atoms with Gasteiger partial charge in [0.25, 0.3) is 11.8 Å². The highest BCUT2D eigenvalue weighted by molar-refractivity contribution is 6.36. The van der Waals surface area contributed by atoms with Crippen LogP contribution >= 0.6 is 0 Å². The predicted octanol–water partition coefficient (Wildman–Crippen LogP) is 4.42. The zero-order chi connectivity index (χ0) is 22.2. The van der Waals surface area contributed by atoms with E-state index >= 15 is 0 Å². The number of carbonyl (C=O) groups is 2. The summed E-state index contributed by atoms with van der Waals surface area (Å²) in [6.45, 7) is 4.32. The van der Waals surface area contributed by atoms with Gasteiger partial charge in [-0.3, -0.25) is 14.5 Å². The number of nitrogens with one attached hydrogen (secondary N) is 1. The second-order valence-corrected chi connectivity index (χ2v) is 7.87. The summed E-state index contributed by atoms with van der Waals surface area (Å²) in [4.78, 5) is 28.2. The van der Waals surface area contributed by atoms with Gasteiger partial charge in [-0.1, -0.05) is 48.5 Å². The number of fused-ring (bicyclic) bond motifs is 1. The molecule has 6 nitrogen and oxygen atoms in total. The van der Waals surface area contributed by atoms with Gasteiger partial charge in [-0.05, 0) is 54.3 Å². The summed E-state index contributed by atoms with van der Waals surface area (Å²) < 4.78 is 10.8. The van der Waals surface area contributed by atoms with Crippen LogP contribution in [0.3, 0.4) is 0 Å². The van der Waals surface area contributed by atoms with E-state index in [1.165, 1.54) is 4.90 Å². The maximum Gasteiger partial charge on any atom is 0.278 e. The maximum atomic E-state index is 13.5. The standard InChI is InChI=1S/C26H22N2O4/c1-16-7-6-10-20(17(16)2)27-24-23(19-8-4-3-5-9-19)25(29)28(26(24)30)14-18-11-12-21-22(13-18)32-15-31-21/h3-13,27H,14-15H2,1-2H3. The second-order valence-electron chi connectivity index (χ2n) is 7.87. The van der Waals surface area contributed by atoms with Gasteiger partial charge >= 0.3 is 0 Å². The highest BCUT2D eigenvalue weighted by Gasteiger charge is 2.39.